The second-order valence-corrected chi connectivity index (χ2v) is 11.2. The van der Waals surface area contributed by atoms with Crippen LogP contribution in [0.2, 0.25) is 0 Å². The Labute approximate surface area is 251 Å². The fourth-order valence-electron chi connectivity index (χ4n) is 5.08. The summed E-state index contributed by atoms with van der Waals surface area (Å²) in [7, 11) is 3.77. The first kappa shape index (κ1) is 30.1. The molecule has 1 saturated carbocycles. The zero-order chi connectivity index (χ0) is 30.6. The molecule has 1 aliphatic heterocycles. The van der Waals surface area contributed by atoms with E-state index in [9.17, 15) is 23.2 Å². The minimum absolute atomic E-state index is 0. The quantitative estimate of drug-likeness (QED) is 0.279. The van der Waals surface area contributed by atoms with E-state index in [0.717, 1.165) is 56.5 Å². The van der Waals surface area contributed by atoms with Crippen molar-refractivity contribution in [3.63, 3.8) is 0 Å². The first-order chi connectivity index (χ1) is 20.6. The number of amides is 3. The number of piperidine rings is 1. The molecule has 5 rings (SSSR count). The number of benzene rings is 1. The lowest BCUT2D eigenvalue weighted by Crippen LogP contribution is -2.46. The van der Waals surface area contributed by atoms with Gasteiger partial charge < -0.3 is 24.6 Å². The summed E-state index contributed by atoms with van der Waals surface area (Å²) < 4.78 is 40.8. The van der Waals surface area contributed by atoms with Crippen LogP contribution < -0.4 is 15.4 Å². The molecule has 1 aromatic heterocycles. The third-order valence-electron chi connectivity index (χ3n) is 8.08. The lowest BCUT2D eigenvalue weighted by Gasteiger charge is -2.34. The van der Waals surface area contributed by atoms with Gasteiger partial charge in [0, 0.05) is 40.3 Å². The summed E-state index contributed by atoms with van der Waals surface area (Å²) in [4.78, 5) is 46.3. The number of pyridine rings is 1. The van der Waals surface area contributed by atoms with Gasteiger partial charge >= 0.3 is 12.0 Å². The molecule has 10 nitrogen and oxygen atoms in total. The number of esters is 1. The van der Waals surface area contributed by atoms with Crippen LogP contribution in [0.3, 0.4) is 0 Å². The molecule has 0 spiro atoms. The van der Waals surface area contributed by atoms with E-state index < -0.39 is 40.4 Å². The van der Waals surface area contributed by atoms with Crippen molar-refractivity contribution in [2.75, 3.05) is 44.4 Å². The van der Waals surface area contributed by atoms with Crippen molar-refractivity contribution in [1.29, 1.82) is 0 Å². The average Bonchev–Trinajstić information content (AvgIpc) is 3.82. The van der Waals surface area contributed by atoms with Crippen LogP contribution in [-0.2, 0) is 14.3 Å². The summed E-state index contributed by atoms with van der Waals surface area (Å²) >= 11 is 0. The molecule has 0 bridgehead atoms. The number of aromatic nitrogens is 1. The number of carbonyl (C=O) groups excluding carboxylic acids is 3. The Kier molecular flexibility index (Phi) is 9.05. The summed E-state index contributed by atoms with van der Waals surface area (Å²) in [5.74, 6) is -3.45. The van der Waals surface area contributed by atoms with Crippen LogP contribution in [0.25, 0.3) is 0 Å². The number of hydrogen-bond donors (Lipinski definition) is 2. The highest BCUT2D eigenvalue weighted by Crippen LogP contribution is 2.48. The van der Waals surface area contributed by atoms with Crippen LogP contribution >= 0.6 is 0 Å². The number of allylic oxidation sites excluding steroid dienone is 3. The highest BCUT2D eigenvalue weighted by molar-refractivity contribution is 6.11. The van der Waals surface area contributed by atoms with Crippen molar-refractivity contribution in [3.8, 4) is 11.5 Å². The number of likely N-dealkylation sites (tertiary alicyclic amines) is 1. The molecule has 1 aromatic carbocycles. The number of halogens is 2. The Morgan fingerprint density at radius 3 is 2.60 bits per heavy atom. The van der Waals surface area contributed by atoms with Gasteiger partial charge in [-0.25, -0.2) is 18.6 Å². The summed E-state index contributed by atoms with van der Waals surface area (Å²) in [6.07, 6.45) is 11.0. The van der Waals surface area contributed by atoms with E-state index in [1.807, 2.05) is 25.3 Å². The van der Waals surface area contributed by atoms with Crippen LogP contribution in [0.5, 0.6) is 11.5 Å². The van der Waals surface area contributed by atoms with Crippen LogP contribution in [0, 0.1) is 17.0 Å². The number of anilines is 2. The van der Waals surface area contributed by atoms with Gasteiger partial charge in [0.25, 0.3) is 0 Å². The molecule has 1 saturated heterocycles. The normalized spacial score (nSPS) is 17.9. The fourth-order valence-corrected chi connectivity index (χ4v) is 5.08. The van der Waals surface area contributed by atoms with Crippen molar-refractivity contribution in [2.45, 2.75) is 44.6 Å². The summed E-state index contributed by atoms with van der Waals surface area (Å²) in [5.41, 5.74) is -0.893. The Morgan fingerprint density at radius 1 is 1.14 bits per heavy atom. The zero-order valence-electron chi connectivity index (χ0n) is 24.2. The van der Waals surface area contributed by atoms with Crippen molar-refractivity contribution in [1.82, 2.24) is 14.8 Å². The van der Waals surface area contributed by atoms with Crippen LogP contribution in [0.15, 0.2) is 54.3 Å². The molecule has 0 atom stereocenters. The zero-order valence-corrected chi connectivity index (χ0v) is 24.2. The van der Waals surface area contributed by atoms with E-state index in [2.05, 4.69) is 20.5 Å². The van der Waals surface area contributed by atoms with Crippen molar-refractivity contribution in [2.24, 2.45) is 5.41 Å². The monoisotopic (exact) mass is 599 g/mol. The molecule has 232 valence electrons. The molecule has 3 aliphatic rings. The second-order valence-electron chi connectivity index (χ2n) is 11.2. The summed E-state index contributed by atoms with van der Waals surface area (Å²) in [6.45, 7) is 1.89. The van der Waals surface area contributed by atoms with Crippen molar-refractivity contribution in [3.05, 3.63) is 65.9 Å². The van der Waals surface area contributed by atoms with Crippen LogP contribution in [0.1, 0.15) is 41.4 Å². The van der Waals surface area contributed by atoms with Gasteiger partial charge in [0.1, 0.15) is 23.6 Å². The Hall–Kier alpha value is -4.32. The third-order valence-corrected chi connectivity index (χ3v) is 8.08. The van der Waals surface area contributed by atoms with Crippen molar-refractivity contribution >= 4 is 29.4 Å². The maximum absolute atomic E-state index is 15.0. The standard InChI is InChI=1S/C31H35F2N5O5.2H2/c1-37-14-9-21(10-15-37)38(2)30(41)36-27-16-22(8-13-34-27)43-26-18-23(32)25(17-24(26)33)35-28(39)31(11-12-31)29(40)42-19-20-6-4-3-5-7-20;;/h3-4,6,8,13,16-18,21H,5,7,9-12,14-15,19H2,1-2H3,(H,35,39)(H,34,36,41);2*1H. The molecular weight excluding hydrogens is 560 g/mol. The molecule has 0 unspecified atom stereocenters. The Morgan fingerprint density at radius 2 is 1.91 bits per heavy atom. The molecule has 43 heavy (non-hydrogen) atoms. The molecule has 2 fully saturated rings. The number of hydrogen-bond acceptors (Lipinski definition) is 7. The number of nitrogens with one attached hydrogen (secondary N) is 2. The van der Waals surface area contributed by atoms with Gasteiger partial charge in [-0.15, -0.1) is 0 Å². The lowest BCUT2D eigenvalue weighted by atomic mass is 10.0. The predicted octanol–water partition coefficient (Wildman–Crippen LogP) is 5.74. The first-order valence-corrected chi connectivity index (χ1v) is 14.3. The summed E-state index contributed by atoms with van der Waals surface area (Å²) in [5, 5.41) is 5.05. The van der Waals surface area contributed by atoms with Gasteiger partial charge in [0.15, 0.2) is 17.4 Å². The van der Waals surface area contributed by atoms with E-state index in [4.69, 9.17) is 9.47 Å². The SMILES string of the molecule is CN1CCC(N(C)C(=O)Nc2cc(Oc3cc(F)c(NC(=O)C4(C(=O)OCC5=CC=CCC5)CC4)cc3F)ccn2)CC1.[HH].[HH]. The number of urea groups is 1. The van der Waals surface area contributed by atoms with Gasteiger partial charge in [-0.05, 0) is 70.3 Å². The number of carbonyl (C=O) groups is 3. The molecule has 3 amide bonds. The molecule has 2 heterocycles. The molecule has 2 aliphatic carbocycles. The van der Waals surface area contributed by atoms with E-state index in [1.54, 1.807) is 11.9 Å². The van der Waals surface area contributed by atoms with Crippen LogP contribution in [0.4, 0.5) is 25.1 Å². The van der Waals surface area contributed by atoms with E-state index in [-0.39, 0.29) is 45.9 Å². The third kappa shape index (κ3) is 7.19. The maximum Gasteiger partial charge on any atom is 0.323 e. The van der Waals surface area contributed by atoms with Crippen LogP contribution in [-0.4, -0.2) is 72.5 Å². The smallest absolute Gasteiger partial charge is 0.323 e. The Balaban J connectivity index is 0.00000276. The lowest BCUT2D eigenvalue weighted by molar-refractivity contribution is -0.152. The van der Waals surface area contributed by atoms with Gasteiger partial charge in [-0.2, -0.15) is 0 Å². The fraction of sp³-hybridized carbons (Fsp3) is 0.419. The van der Waals surface area contributed by atoms with E-state index in [1.165, 1.54) is 18.3 Å². The van der Waals surface area contributed by atoms with Gasteiger partial charge in [0.05, 0.1) is 5.69 Å². The molecule has 12 heteroatoms. The first-order valence-electron chi connectivity index (χ1n) is 14.3. The molecule has 2 aromatic rings. The summed E-state index contributed by atoms with van der Waals surface area (Å²) in [6, 6.07) is 4.20. The number of nitrogens with zero attached hydrogens (tertiary/aromatic N) is 3. The minimum atomic E-state index is -1.41. The largest absolute Gasteiger partial charge is 0.460 e. The van der Waals surface area contributed by atoms with E-state index >= 15 is 0 Å². The predicted molar refractivity (Wildman–Crippen MR) is 160 cm³/mol. The maximum atomic E-state index is 15.0. The number of rotatable bonds is 9. The van der Waals surface area contributed by atoms with E-state index in [0.29, 0.717) is 0 Å². The highest BCUT2D eigenvalue weighted by atomic mass is 19.1. The molecule has 0 radical (unpaired) electrons. The topological polar surface area (TPSA) is 113 Å². The second kappa shape index (κ2) is 12.9. The minimum Gasteiger partial charge on any atom is -0.460 e. The van der Waals surface area contributed by atoms with Gasteiger partial charge in [-0.3, -0.25) is 14.9 Å². The van der Waals surface area contributed by atoms with Gasteiger partial charge in [0.2, 0.25) is 5.91 Å². The molecule has 2 N–H and O–H groups in total. The van der Waals surface area contributed by atoms with Crippen molar-refractivity contribution < 1.29 is 35.5 Å². The van der Waals surface area contributed by atoms with Gasteiger partial charge in [-0.1, -0.05) is 18.2 Å². The molecular formula is C31H39F2N5O5. The average molecular weight is 600 g/mol. The Bertz CT molecular complexity index is 1460. The number of ether oxygens (including phenoxy) is 2. The highest BCUT2D eigenvalue weighted by Gasteiger charge is 2.58.